The van der Waals surface area contributed by atoms with Crippen LogP contribution in [0, 0.1) is 0 Å². The number of nitrogens with zero attached hydrogens (tertiary/aromatic N) is 3. The van der Waals surface area contributed by atoms with Crippen LogP contribution in [0.3, 0.4) is 0 Å². The van der Waals surface area contributed by atoms with Gasteiger partial charge in [-0.15, -0.1) is 0 Å². The first-order chi connectivity index (χ1) is 40.4. The van der Waals surface area contributed by atoms with E-state index in [0.717, 1.165) is 36.3 Å². The Kier molecular flexibility index (Phi) is 13.0. The van der Waals surface area contributed by atoms with Crippen LogP contribution < -0.4 is 31.1 Å². The Hall–Kier alpha value is -6.78. The van der Waals surface area contributed by atoms with Gasteiger partial charge < -0.3 is 14.7 Å². The van der Waals surface area contributed by atoms with Gasteiger partial charge in [0.2, 0.25) is 0 Å². The highest BCUT2D eigenvalue weighted by Gasteiger charge is 2.50. The third-order valence-corrected chi connectivity index (χ3v) is 22.0. The maximum Gasteiger partial charge on any atom is 0.252 e. The van der Waals surface area contributed by atoms with Gasteiger partial charge >= 0.3 is 0 Å². The zero-order valence-corrected chi connectivity index (χ0v) is 57.1. The van der Waals surface area contributed by atoms with E-state index in [2.05, 4.69) is 313 Å². The Bertz CT molecular complexity index is 4060. The van der Waals surface area contributed by atoms with Crippen molar-refractivity contribution in [3.63, 3.8) is 0 Å². The lowest BCUT2D eigenvalue weighted by Gasteiger charge is -2.48. The van der Waals surface area contributed by atoms with Crippen LogP contribution in [0.1, 0.15) is 234 Å². The minimum absolute atomic E-state index is 0.000143. The maximum atomic E-state index is 2.77. The molecule has 0 saturated carbocycles. The molecule has 0 bridgehead atoms. The van der Waals surface area contributed by atoms with Crippen molar-refractivity contribution in [1.82, 2.24) is 0 Å². The van der Waals surface area contributed by atoms with Crippen LogP contribution in [0.5, 0.6) is 0 Å². The van der Waals surface area contributed by atoms with Crippen LogP contribution in [0.2, 0.25) is 0 Å². The van der Waals surface area contributed by atoms with Gasteiger partial charge in [-0.2, -0.15) is 0 Å². The fourth-order valence-electron chi connectivity index (χ4n) is 16.2. The molecule has 8 aromatic carbocycles. The summed E-state index contributed by atoms with van der Waals surface area (Å²) in [6, 6.07) is 59.0. The molecule has 0 fully saturated rings. The van der Waals surface area contributed by atoms with Crippen LogP contribution in [-0.2, 0) is 48.7 Å². The second-order valence-electron chi connectivity index (χ2n) is 34.5. The van der Waals surface area contributed by atoms with E-state index in [1.54, 1.807) is 0 Å². The minimum Gasteiger partial charge on any atom is -0.311 e. The summed E-state index contributed by atoms with van der Waals surface area (Å²) in [4.78, 5) is 8.04. The smallest absolute Gasteiger partial charge is 0.252 e. The van der Waals surface area contributed by atoms with E-state index in [-0.39, 0.29) is 55.4 Å². The van der Waals surface area contributed by atoms with Crippen molar-refractivity contribution in [3.8, 4) is 11.1 Å². The molecular weight excluding hydrogens is 1050 g/mol. The van der Waals surface area contributed by atoms with Crippen molar-refractivity contribution in [2.24, 2.45) is 0 Å². The molecule has 87 heavy (non-hydrogen) atoms. The summed E-state index contributed by atoms with van der Waals surface area (Å²) in [7, 11) is 0. The molecule has 0 N–H and O–H groups in total. The number of benzene rings is 8. The molecule has 448 valence electrons. The van der Waals surface area contributed by atoms with Crippen molar-refractivity contribution in [2.75, 3.05) is 14.7 Å². The highest BCUT2D eigenvalue weighted by molar-refractivity contribution is 7.00. The molecule has 13 rings (SSSR count). The van der Waals surface area contributed by atoms with Gasteiger partial charge in [-0.1, -0.05) is 225 Å². The lowest BCUT2D eigenvalue weighted by molar-refractivity contribution is 0.332. The number of fused-ring (bicyclic) bond motifs is 9. The minimum atomic E-state index is -0.236. The third-order valence-electron chi connectivity index (χ3n) is 22.0. The summed E-state index contributed by atoms with van der Waals surface area (Å²) in [6.07, 6.45) is 4.65. The first-order valence-electron chi connectivity index (χ1n) is 33.0. The average molecular weight is 1150 g/mol. The van der Waals surface area contributed by atoms with Crippen LogP contribution in [0.15, 0.2) is 146 Å². The number of hydrogen-bond donors (Lipinski definition) is 0. The topological polar surface area (TPSA) is 9.72 Å². The molecule has 2 heterocycles. The van der Waals surface area contributed by atoms with Gasteiger partial charge in [0.1, 0.15) is 0 Å². The fourth-order valence-corrected chi connectivity index (χ4v) is 16.2. The fraction of sp³-hybridized carbons (Fsp3) is 0.422. The Morgan fingerprint density at radius 2 is 0.851 bits per heavy atom. The van der Waals surface area contributed by atoms with Gasteiger partial charge in [-0.05, 0) is 219 Å². The van der Waals surface area contributed by atoms with E-state index in [9.17, 15) is 0 Å². The second kappa shape index (κ2) is 19.1. The quantitative estimate of drug-likeness (QED) is 0.159. The summed E-state index contributed by atoms with van der Waals surface area (Å²) in [6.45, 7) is 53.2. The monoisotopic (exact) mass is 1150 g/mol. The molecule has 0 atom stereocenters. The Labute approximate surface area is 525 Å². The predicted octanol–water partition coefficient (Wildman–Crippen LogP) is 21.4. The Morgan fingerprint density at radius 3 is 1.39 bits per heavy atom. The molecule has 8 aromatic rings. The maximum absolute atomic E-state index is 2.77. The standard InChI is InChI=1S/C83H98BN3/c1-75(2,3)51-27-31-54(32-28-51)85(55-33-29-52(30-34-55)76(4,5)6)57-36-39-65-68(48-57)87(67-40-38-61(78(10,11)12)73-72(67)58-25-23-24-26-59(58)83(73,21)22)71-46-53(77(7,8)9)45-70-74(71)84(65)66-49-63-64(82(19,20)44-43-81(63,17)18)50-69(66)86(70)56-35-37-60-62(47-56)80(15,16)42-41-79(60,13)14/h23-40,45-50H,41-44H2,1-22H3. The summed E-state index contributed by atoms with van der Waals surface area (Å²) >= 11 is 0. The van der Waals surface area contributed by atoms with E-state index in [0.29, 0.717) is 0 Å². The molecule has 2 aliphatic heterocycles. The zero-order valence-electron chi connectivity index (χ0n) is 57.1. The van der Waals surface area contributed by atoms with Crippen molar-refractivity contribution in [3.05, 3.63) is 201 Å². The molecule has 0 saturated heterocycles. The van der Waals surface area contributed by atoms with Gasteiger partial charge in [-0.25, -0.2) is 0 Å². The van der Waals surface area contributed by atoms with Crippen molar-refractivity contribution in [2.45, 2.75) is 227 Å². The molecule has 0 aromatic heterocycles. The molecule has 0 radical (unpaired) electrons. The molecule has 0 unspecified atom stereocenters. The second-order valence-corrected chi connectivity index (χ2v) is 34.5. The van der Waals surface area contributed by atoms with Gasteiger partial charge in [-0.3, -0.25) is 0 Å². The first-order valence-corrected chi connectivity index (χ1v) is 33.0. The van der Waals surface area contributed by atoms with E-state index in [1.165, 1.54) is 124 Å². The summed E-state index contributed by atoms with van der Waals surface area (Å²) < 4.78 is 0. The summed E-state index contributed by atoms with van der Waals surface area (Å²) in [5.41, 5.74) is 31.7. The van der Waals surface area contributed by atoms with Gasteiger partial charge in [0.05, 0.1) is 5.69 Å². The molecular formula is C83H98BN3. The van der Waals surface area contributed by atoms with Crippen LogP contribution >= 0.6 is 0 Å². The third kappa shape index (κ3) is 9.31. The van der Waals surface area contributed by atoms with Gasteiger partial charge in [0, 0.05) is 56.5 Å². The summed E-state index contributed by atoms with van der Waals surface area (Å²) in [5.74, 6) is 0. The lowest BCUT2D eigenvalue weighted by atomic mass is 9.33. The van der Waals surface area contributed by atoms with Crippen molar-refractivity contribution >= 4 is 74.3 Å². The number of rotatable bonds is 5. The highest BCUT2D eigenvalue weighted by Crippen LogP contribution is 2.59. The summed E-state index contributed by atoms with van der Waals surface area (Å²) in [5, 5.41) is 0. The van der Waals surface area contributed by atoms with Crippen LogP contribution in [0.4, 0.5) is 51.2 Å². The molecule has 3 nitrogen and oxygen atoms in total. The van der Waals surface area contributed by atoms with E-state index < -0.39 is 0 Å². The molecule has 5 aliphatic rings. The predicted molar refractivity (Wildman–Crippen MR) is 378 cm³/mol. The van der Waals surface area contributed by atoms with Crippen LogP contribution in [0.25, 0.3) is 11.1 Å². The van der Waals surface area contributed by atoms with E-state index in [4.69, 9.17) is 0 Å². The molecule has 4 heteroatoms. The van der Waals surface area contributed by atoms with Gasteiger partial charge in [0.15, 0.2) is 0 Å². The Balaban J connectivity index is 1.18. The zero-order chi connectivity index (χ0) is 62.5. The number of hydrogen-bond acceptors (Lipinski definition) is 3. The highest BCUT2D eigenvalue weighted by atomic mass is 15.2. The Morgan fingerprint density at radius 1 is 0.368 bits per heavy atom. The largest absolute Gasteiger partial charge is 0.311 e. The van der Waals surface area contributed by atoms with Crippen molar-refractivity contribution in [1.29, 1.82) is 0 Å². The lowest BCUT2D eigenvalue weighted by Crippen LogP contribution is -2.62. The van der Waals surface area contributed by atoms with Crippen LogP contribution in [-0.4, -0.2) is 6.71 Å². The molecule has 0 spiro atoms. The normalized spacial score (nSPS) is 18.2. The average Bonchev–Trinajstić information content (AvgIpc) is 1.54. The van der Waals surface area contributed by atoms with E-state index in [1.807, 2.05) is 0 Å². The first kappa shape index (κ1) is 59.2. The van der Waals surface area contributed by atoms with Gasteiger partial charge in [0.25, 0.3) is 6.71 Å². The van der Waals surface area contributed by atoms with E-state index >= 15 is 0 Å². The molecule has 3 aliphatic carbocycles. The number of anilines is 9. The SMILES string of the molecule is CC(C)(C)c1ccc(N(c2ccc(C(C)(C)C)cc2)c2ccc3c(c2)N(c2ccc(C(C)(C)C)c4c2-c2ccccc2C4(C)C)c2cc(C(C)(C)C)cc4c2B3c2cc3c(cc2N4c2ccc4c(c2)C(C)(C)CCC4(C)C)C(C)(C)CCC3(C)C)cc1. The molecule has 0 amide bonds. The van der Waals surface area contributed by atoms with Crippen molar-refractivity contribution < 1.29 is 0 Å².